The highest BCUT2D eigenvalue weighted by molar-refractivity contribution is 4.95. The molecule has 1 aliphatic heterocycles. The van der Waals surface area contributed by atoms with Crippen LogP contribution in [0.4, 0.5) is 0 Å². The zero-order valence-corrected chi connectivity index (χ0v) is 8.08. The second-order valence-corrected chi connectivity index (χ2v) is 3.81. The molecular formula is C10H19NO. The van der Waals surface area contributed by atoms with Crippen molar-refractivity contribution in [2.75, 3.05) is 19.6 Å². The number of nitrogens with zero attached hydrogens (tertiary/aromatic N) is 1. The number of hydrogen-bond donors (Lipinski definition) is 1. The summed E-state index contributed by atoms with van der Waals surface area (Å²) >= 11 is 0. The molecule has 1 rings (SSSR count). The molecule has 0 spiro atoms. The fraction of sp³-hybridized carbons (Fsp3) is 0.800. The number of aliphatic hydroxyl groups excluding tert-OH is 1. The Kier molecular flexibility index (Phi) is 3.76. The summed E-state index contributed by atoms with van der Waals surface area (Å²) in [6, 6.07) is 0. The predicted octanol–water partition coefficient (Wildman–Crippen LogP) is 1.41. The van der Waals surface area contributed by atoms with Gasteiger partial charge in [-0.1, -0.05) is 11.6 Å². The lowest BCUT2D eigenvalue weighted by Gasteiger charge is -2.28. The molecule has 0 aromatic rings. The SMILES string of the molecule is CC(C)=CCN1CCC(O)CC1. The molecule has 0 aromatic heterocycles. The number of allylic oxidation sites excluding steroid dienone is 1. The lowest BCUT2D eigenvalue weighted by atomic mass is 10.1. The van der Waals surface area contributed by atoms with Crippen molar-refractivity contribution in [3.8, 4) is 0 Å². The molecule has 2 nitrogen and oxygen atoms in total. The molecule has 1 fully saturated rings. The quantitative estimate of drug-likeness (QED) is 0.632. The van der Waals surface area contributed by atoms with Crippen molar-refractivity contribution in [1.29, 1.82) is 0 Å². The predicted molar refractivity (Wildman–Crippen MR) is 51.1 cm³/mol. The monoisotopic (exact) mass is 169 g/mol. The van der Waals surface area contributed by atoms with Crippen molar-refractivity contribution >= 4 is 0 Å². The molecule has 0 bridgehead atoms. The molecule has 0 aliphatic carbocycles. The van der Waals surface area contributed by atoms with E-state index in [1.165, 1.54) is 5.57 Å². The van der Waals surface area contributed by atoms with Crippen molar-refractivity contribution in [1.82, 2.24) is 4.90 Å². The average molecular weight is 169 g/mol. The van der Waals surface area contributed by atoms with Crippen LogP contribution in [0.15, 0.2) is 11.6 Å². The van der Waals surface area contributed by atoms with Crippen LogP contribution in [0.5, 0.6) is 0 Å². The maximum atomic E-state index is 9.26. The van der Waals surface area contributed by atoms with Gasteiger partial charge >= 0.3 is 0 Å². The van der Waals surface area contributed by atoms with E-state index >= 15 is 0 Å². The normalized spacial score (nSPS) is 20.9. The van der Waals surface area contributed by atoms with E-state index in [0.29, 0.717) is 0 Å². The lowest BCUT2D eigenvalue weighted by molar-refractivity contribution is 0.0879. The van der Waals surface area contributed by atoms with Gasteiger partial charge in [0.25, 0.3) is 0 Å². The minimum atomic E-state index is -0.0482. The van der Waals surface area contributed by atoms with Gasteiger partial charge in [0.15, 0.2) is 0 Å². The molecule has 1 N–H and O–H groups in total. The molecular weight excluding hydrogens is 150 g/mol. The van der Waals surface area contributed by atoms with Gasteiger partial charge < -0.3 is 5.11 Å². The largest absolute Gasteiger partial charge is 0.393 e. The maximum Gasteiger partial charge on any atom is 0.0564 e. The van der Waals surface area contributed by atoms with E-state index in [4.69, 9.17) is 0 Å². The summed E-state index contributed by atoms with van der Waals surface area (Å²) in [4.78, 5) is 2.39. The molecule has 2 heteroatoms. The van der Waals surface area contributed by atoms with Crippen molar-refractivity contribution in [2.45, 2.75) is 32.8 Å². The first-order chi connectivity index (χ1) is 5.68. The summed E-state index contributed by atoms with van der Waals surface area (Å²) in [5.41, 5.74) is 1.38. The van der Waals surface area contributed by atoms with Gasteiger partial charge in [-0.15, -0.1) is 0 Å². The number of aliphatic hydroxyl groups is 1. The minimum absolute atomic E-state index is 0.0482. The molecule has 12 heavy (non-hydrogen) atoms. The molecule has 0 aromatic carbocycles. The van der Waals surface area contributed by atoms with Gasteiger partial charge in [0, 0.05) is 19.6 Å². The van der Waals surface area contributed by atoms with Crippen LogP contribution in [0.3, 0.4) is 0 Å². The molecule has 1 saturated heterocycles. The fourth-order valence-corrected chi connectivity index (χ4v) is 1.41. The Morgan fingerprint density at radius 2 is 2.00 bits per heavy atom. The van der Waals surface area contributed by atoms with Crippen molar-refractivity contribution in [2.24, 2.45) is 0 Å². The Hall–Kier alpha value is -0.340. The van der Waals surface area contributed by atoms with Crippen molar-refractivity contribution < 1.29 is 5.11 Å². The summed E-state index contributed by atoms with van der Waals surface area (Å²) in [6.45, 7) is 7.39. The van der Waals surface area contributed by atoms with Crippen LogP contribution < -0.4 is 0 Å². The second kappa shape index (κ2) is 4.63. The zero-order valence-electron chi connectivity index (χ0n) is 8.08. The highest BCUT2D eigenvalue weighted by Gasteiger charge is 2.15. The smallest absolute Gasteiger partial charge is 0.0564 e. The molecule has 0 unspecified atom stereocenters. The minimum Gasteiger partial charge on any atom is -0.393 e. The summed E-state index contributed by atoms with van der Waals surface area (Å²) in [5, 5.41) is 9.26. The van der Waals surface area contributed by atoms with Crippen LogP contribution in [0.25, 0.3) is 0 Å². The molecule has 1 aliphatic rings. The Morgan fingerprint density at radius 3 is 2.50 bits per heavy atom. The number of piperidine rings is 1. The third kappa shape index (κ3) is 3.37. The van der Waals surface area contributed by atoms with Gasteiger partial charge in [-0.3, -0.25) is 4.90 Å². The van der Waals surface area contributed by atoms with E-state index in [9.17, 15) is 5.11 Å². The van der Waals surface area contributed by atoms with Crippen LogP contribution in [-0.2, 0) is 0 Å². The first kappa shape index (κ1) is 9.75. The number of rotatable bonds is 2. The average Bonchev–Trinajstić information content (AvgIpc) is 2.03. The van der Waals surface area contributed by atoms with Crippen LogP contribution in [-0.4, -0.2) is 35.7 Å². The number of likely N-dealkylation sites (tertiary alicyclic amines) is 1. The van der Waals surface area contributed by atoms with Gasteiger partial charge in [0.05, 0.1) is 6.10 Å². The molecule has 0 radical (unpaired) electrons. The van der Waals surface area contributed by atoms with Crippen molar-refractivity contribution in [3.63, 3.8) is 0 Å². The zero-order chi connectivity index (χ0) is 8.97. The van der Waals surface area contributed by atoms with E-state index in [2.05, 4.69) is 24.8 Å². The molecule has 0 atom stereocenters. The topological polar surface area (TPSA) is 23.5 Å². The second-order valence-electron chi connectivity index (χ2n) is 3.81. The maximum absolute atomic E-state index is 9.26. The summed E-state index contributed by atoms with van der Waals surface area (Å²) in [5.74, 6) is 0. The van der Waals surface area contributed by atoms with Gasteiger partial charge in [0.2, 0.25) is 0 Å². The Labute approximate surface area is 74.9 Å². The van der Waals surface area contributed by atoms with Crippen LogP contribution in [0, 0.1) is 0 Å². The van der Waals surface area contributed by atoms with Crippen LogP contribution >= 0.6 is 0 Å². The molecule has 1 heterocycles. The van der Waals surface area contributed by atoms with Crippen LogP contribution in [0.2, 0.25) is 0 Å². The summed E-state index contributed by atoms with van der Waals surface area (Å²) < 4.78 is 0. The third-order valence-electron chi connectivity index (χ3n) is 2.31. The van der Waals surface area contributed by atoms with Crippen molar-refractivity contribution in [3.05, 3.63) is 11.6 Å². The van der Waals surface area contributed by atoms with E-state index in [0.717, 1.165) is 32.5 Å². The lowest BCUT2D eigenvalue weighted by Crippen LogP contribution is -2.35. The van der Waals surface area contributed by atoms with E-state index in [1.54, 1.807) is 0 Å². The Balaban J connectivity index is 2.22. The highest BCUT2D eigenvalue weighted by atomic mass is 16.3. The van der Waals surface area contributed by atoms with Gasteiger partial charge in [0.1, 0.15) is 0 Å². The Bertz CT molecular complexity index is 153. The first-order valence-corrected chi connectivity index (χ1v) is 4.72. The molecule has 0 saturated carbocycles. The molecule has 70 valence electrons. The first-order valence-electron chi connectivity index (χ1n) is 4.72. The highest BCUT2D eigenvalue weighted by Crippen LogP contribution is 2.09. The number of hydrogen-bond acceptors (Lipinski definition) is 2. The van der Waals surface area contributed by atoms with E-state index in [1.807, 2.05) is 0 Å². The standard InChI is InChI=1S/C10H19NO/c1-9(2)3-6-11-7-4-10(12)5-8-11/h3,10,12H,4-8H2,1-2H3. The van der Waals surface area contributed by atoms with E-state index in [-0.39, 0.29) is 6.10 Å². The van der Waals surface area contributed by atoms with Gasteiger partial charge in [-0.2, -0.15) is 0 Å². The fourth-order valence-electron chi connectivity index (χ4n) is 1.41. The third-order valence-corrected chi connectivity index (χ3v) is 2.31. The summed E-state index contributed by atoms with van der Waals surface area (Å²) in [7, 11) is 0. The summed E-state index contributed by atoms with van der Waals surface area (Å²) in [6.07, 6.45) is 4.08. The Morgan fingerprint density at radius 1 is 1.42 bits per heavy atom. The molecule has 0 amide bonds. The van der Waals surface area contributed by atoms with Crippen LogP contribution in [0.1, 0.15) is 26.7 Å². The van der Waals surface area contributed by atoms with Gasteiger partial charge in [-0.25, -0.2) is 0 Å². The van der Waals surface area contributed by atoms with Gasteiger partial charge in [-0.05, 0) is 26.7 Å². The van der Waals surface area contributed by atoms with E-state index < -0.39 is 0 Å².